The molecule has 0 saturated carbocycles. The summed E-state index contributed by atoms with van der Waals surface area (Å²) in [5.41, 5.74) is 0.369. The number of carbonyl (C=O) groups excluding carboxylic acids is 1. The molecule has 0 aliphatic carbocycles. The second-order valence-corrected chi connectivity index (χ2v) is 6.49. The van der Waals surface area contributed by atoms with E-state index in [1.54, 1.807) is 18.3 Å². The van der Waals surface area contributed by atoms with E-state index in [2.05, 4.69) is 21.8 Å². The smallest absolute Gasteiger partial charge is 0.267 e. The number of amides is 1. The summed E-state index contributed by atoms with van der Waals surface area (Å²) in [6.07, 6.45) is 2.74. The number of halogens is 2. The molecule has 7 heteroatoms. The van der Waals surface area contributed by atoms with Crippen molar-refractivity contribution in [3.63, 3.8) is 0 Å². The van der Waals surface area contributed by atoms with Gasteiger partial charge in [0.05, 0.1) is 18.2 Å². The van der Waals surface area contributed by atoms with Crippen molar-refractivity contribution in [1.82, 2.24) is 19.7 Å². The number of piperazine rings is 1. The predicted molar refractivity (Wildman–Crippen MR) is 82.6 cm³/mol. The molecule has 23 heavy (non-hydrogen) atoms. The molecule has 2 fully saturated rings. The largest absolute Gasteiger partial charge is 0.328 e. The molecular formula is C16H22F2N4O. The molecule has 2 aliphatic rings. The molecule has 0 radical (unpaired) electrons. The zero-order valence-electron chi connectivity index (χ0n) is 13.3. The average molecular weight is 324 g/mol. The van der Waals surface area contributed by atoms with Crippen LogP contribution in [0.25, 0.3) is 0 Å². The van der Waals surface area contributed by atoms with Crippen LogP contribution < -0.4 is 0 Å². The second-order valence-electron chi connectivity index (χ2n) is 6.49. The van der Waals surface area contributed by atoms with Crippen molar-refractivity contribution < 1.29 is 13.6 Å². The monoisotopic (exact) mass is 324 g/mol. The average Bonchev–Trinajstić information content (AvgIpc) is 2.84. The van der Waals surface area contributed by atoms with Gasteiger partial charge in [-0.05, 0) is 19.2 Å². The Kier molecular flexibility index (Phi) is 4.59. The minimum Gasteiger partial charge on any atom is -0.328 e. The maximum Gasteiger partial charge on any atom is 0.267 e. The van der Waals surface area contributed by atoms with Crippen LogP contribution in [0.4, 0.5) is 8.78 Å². The van der Waals surface area contributed by atoms with Gasteiger partial charge in [0.15, 0.2) is 0 Å². The van der Waals surface area contributed by atoms with Crippen LogP contribution in [-0.2, 0) is 0 Å². The lowest BCUT2D eigenvalue weighted by atomic mass is 10.1. The normalized spacial score (nSPS) is 25.7. The minimum absolute atomic E-state index is 0.259. The quantitative estimate of drug-likeness (QED) is 0.837. The number of likely N-dealkylation sites (tertiary alicyclic amines) is 1. The predicted octanol–water partition coefficient (Wildman–Crippen LogP) is 1.18. The fourth-order valence-corrected chi connectivity index (χ4v) is 3.28. The third-order valence-electron chi connectivity index (χ3n) is 4.61. The molecule has 0 spiro atoms. The van der Waals surface area contributed by atoms with Crippen molar-refractivity contribution in [2.24, 2.45) is 0 Å². The summed E-state index contributed by atoms with van der Waals surface area (Å²) in [5.74, 6) is -3.16. The Labute approximate surface area is 134 Å². The second kappa shape index (κ2) is 6.49. The fourth-order valence-electron chi connectivity index (χ4n) is 3.28. The number of hydrogen-bond acceptors (Lipinski definition) is 4. The standard InChI is InChI=1S/C16H22F2N4O/c1-20-5-7-21(8-6-20)11-14-9-16(17,18)12-22(14)15(23)13-3-2-4-19-10-13/h2-4,10,14H,5-9,11-12H2,1H3/t14-/m0/s1. The highest BCUT2D eigenvalue weighted by atomic mass is 19.3. The van der Waals surface area contributed by atoms with Crippen LogP contribution >= 0.6 is 0 Å². The van der Waals surface area contributed by atoms with E-state index in [1.807, 2.05) is 0 Å². The number of nitrogens with zero attached hydrogens (tertiary/aromatic N) is 4. The number of hydrogen-bond donors (Lipinski definition) is 0. The first-order valence-corrected chi connectivity index (χ1v) is 7.94. The number of aromatic nitrogens is 1. The fraction of sp³-hybridized carbons (Fsp3) is 0.625. The van der Waals surface area contributed by atoms with Gasteiger partial charge in [-0.15, -0.1) is 0 Å². The molecule has 0 bridgehead atoms. The van der Waals surface area contributed by atoms with Gasteiger partial charge in [0.2, 0.25) is 0 Å². The van der Waals surface area contributed by atoms with Gasteiger partial charge in [-0.3, -0.25) is 14.7 Å². The van der Waals surface area contributed by atoms with Crippen molar-refractivity contribution in [3.8, 4) is 0 Å². The minimum atomic E-state index is -2.81. The number of pyridine rings is 1. The summed E-state index contributed by atoms with van der Waals surface area (Å²) in [5, 5.41) is 0. The summed E-state index contributed by atoms with van der Waals surface area (Å²) in [4.78, 5) is 22.2. The number of carbonyl (C=O) groups is 1. The highest BCUT2D eigenvalue weighted by Gasteiger charge is 2.47. The molecule has 1 aromatic heterocycles. The number of rotatable bonds is 3. The summed E-state index contributed by atoms with van der Waals surface area (Å²) < 4.78 is 27.8. The van der Waals surface area contributed by atoms with E-state index in [4.69, 9.17) is 0 Å². The number of alkyl halides is 2. The first kappa shape index (κ1) is 16.3. The van der Waals surface area contributed by atoms with E-state index in [0.29, 0.717) is 12.1 Å². The van der Waals surface area contributed by atoms with Crippen LogP contribution in [0.3, 0.4) is 0 Å². The highest BCUT2D eigenvalue weighted by molar-refractivity contribution is 5.94. The molecule has 0 N–H and O–H groups in total. The van der Waals surface area contributed by atoms with Crippen LogP contribution in [0.2, 0.25) is 0 Å². The summed E-state index contributed by atoms with van der Waals surface area (Å²) in [6.45, 7) is 3.58. The van der Waals surface area contributed by atoms with Crippen molar-refractivity contribution in [2.75, 3.05) is 46.3 Å². The van der Waals surface area contributed by atoms with Crippen molar-refractivity contribution in [2.45, 2.75) is 18.4 Å². The molecule has 2 saturated heterocycles. The first-order valence-electron chi connectivity index (χ1n) is 7.94. The first-order chi connectivity index (χ1) is 10.9. The molecule has 2 aliphatic heterocycles. The third-order valence-corrected chi connectivity index (χ3v) is 4.61. The molecular weight excluding hydrogens is 302 g/mol. The topological polar surface area (TPSA) is 39.7 Å². The summed E-state index contributed by atoms with van der Waals surface area (Å²) in [6, 6.07) is 2.83. The van der Waals surface area contributed by atoms with Crippen LogP contribution in [0.1, 0.15) is 16.8 Å². The Hall–Kier alpha value is -1.60. The van der Waals surface area contributed by atoms with Gasteiger partial charge < -0.3 is 9.80 Å². The van der Waals surface area contributed by atoms with Gasteiger partial charge in [0.25, 0.3) is 11.8 Å². The molecule has 3 heterocycles. The van der Waals surface area contributed by atoms with E-state index in [0.717, 1.165) is 26.2 Å². The van der Waals surface area contributed by atoms with Gasteiger partial charge >= 0.3 is 0 Å². The van der Waals surface area contributed by atoms with E-state index in [-0.39, 0.29) is 12.3 Å². The van der Waals surface area contributed by atoms with E-state index in [1.165, 1.54) is 11.1 Å². The van der Waals surface area contributed by atoms with Gasteiger partial charge in [0, 0.05) is 51.5 Å². The van der Waals surface area contributed by atoms with Gasteiger partial charge in [-0.25, -0.2) is 8.78 Å². The lowest BCUT2D eigenvalue weighted by molar-refractivity contribution is 0.0116. The highest BCUT2D eigenvalue weighted by Crippen LogP contribution is 2.33. The molecule has 5 nitrogen and oxygen atoms in total. The van der Waals surface area contributed by atoms with Crippen LogP contribution in [0.15, 0.2) is 24.5 Å². The zero-order chi connectivity index (χ0) is 16.4. The van der Waals surface area contributed by atoms with E-state index in [9.17, 15) is 13.6 Å². The Balaban J connectivity index is 1.70. The molecule has 1 aromatic rings. The lowest BCUT2D eigenvalue weighted by Crippen LogP contribution is -2.50. The Morgan fingerprint density at radius 1 is 1.35 bits per heavy atom. The number of likely N-dealkylation sites (N-methyl/N-ethyl adjacent to an activating group) is 1. The van der Waals surface area contributed by atoms with Gasteiger partial charge in [-0.2, -0.15) is 0 Å². The van der Waals surface area contributed by atoms with Crippen LogP contribution in [0.5, 0.6) is 0 Å². The molecule has 126 valence electrons. The third kappa shape index (κ3) is 3.84. The zero-order valence-corrected chi connectivity index (χ0v) is 13.3. The maximum atomic E-state index is 13.9. The van der Waals surface area contributed by atoms with Crippen molar-refractivity contribution >= 4 is 5.91 Å². The molecule has 0 unspecified atom stereocenters. The lowest BCUT2D eigenvalue weighted by Gasteiger charge is -2.35. The molecule has 1 atom stereocenters. The van der Waals surface area contributed by atoms with Gasteiger partial charge in [-0.1, -0.05) is 0 Å². The maximum absolute atomic E-state index is 13.9. The van der Waals surface area contributed by atoms with Crippen molar-refractivity contribution in [3.05, 3.63) is 30.1 Å². The van der Waals surface area contributed by atoms with Crippen LogP contribution in [0, 0.1) is 0 Å². The summed E-state index contributed by atoms with van der Waals surface area (Å²) >= 11 is 0. The molecule has 1 amide bonds. The van der Waals surface area contributed by atoms with Crippen molar-refractivity contribution in [1.29, 1.82) is 0 Å². The van der Waals surface area contributed by atoms with Crippen LogP contribution in [-0.4, -0.2) is 83.9 Å². The Morgan fingerprint density at radius 2 is 2.09 bits per heavy atom. The summed E-state index contributed by atoms with van der Waals surface area (Å²) in [7, 11) is 2.05. The SMILES string of the molecule is CN1CCN(C[C@@H]2CC(F)(F)CN2C(=O)c2cccnc2)CC1. The Bertz CT molecular complexity index is 546. The van der Waals surface area contributed by atoms with E-state index >= 15 is 0 Å². The van der Waals surface area contributed by atoms with Gasteiger partial charge in [0.1, 0.15) is 0 Å². The molecule has 3 rings (SSSR count). The Morgan fingerprint density at radius 3 is 2.74 bits per heavy atom. The molecule has 0 aromatic carbocycles. The van der Waals surface area contributed by atoms with E-state index < -0.39 is 18.5 Å².